The molecule has 0 aliphatic rings. The lowest BCUT2D eigenvalue weighted by Crippen LogP contribution is -1.95. The lowest BCUT2D eigenvalue weighted by Gasteiger charge is -2.09. The number of nitrogen functional groups attached to an aromatic ring is 3. The fraction of sp³-hybridized carbons (Fsp3) is 0.0400. The molecule has 0 radical (unpaired) electrons. The van der Waals surface area contributed by atoms with E-state index in [0.717, 1.165) is 41.5 Å². The summed E-state index contributed by atoms with van der Waals surface area (Å²) >= 11 is 22.1. The van der Waals surface area contributed by atoms with Gasteiger partial charge in [0.25, 0.3) is 0 Å². The van der Waals surface area contributed by atoms with Crippen LogP contribution in [0.25, 0.3) is 0 Å². The molecule has 4 rings (SSSR count). The number of hydrogen-bond donors (Lipinski definition) is 3. The van der Waals surface area contributed by atoms with E-state index in [-0.39, 0.29) is 11.6 Å². The summed E-state index contributed by atoms with van der Waals surface area (Å²) < 4.78 is 31.8. The number of halogens is 9. The first-order valence-corrected chi connectivity index (χ1v) is 15.9. The second-order valence-corrected chi connectivity index (χ2v) is 13.6. The Bertz CT molecular complexity index is 1360. The minimum absolute atomic E-state index is 0.192. The van der Waals surface area contributed by atoms with Crippen molar-refractivity contribution in [1.29, 1.82) is 0 Å². The van der Waals surface area contributed by atoms with Crippen LogP contribution in [-0.2, 0) is 6.42 Å². The zero-order valence-electron chi connectivity index (χ0n) is 18.6. The Morgan fingerprint density at radius 1 is 0.514 bits per heavy atom. The molecule has 0 fully saturated rings. The fourth-order valence-electron chi connectivity index (χ4n) is 2.69. The molecule has 4 aromatic rings. The third-order valence-corrected chi connectivity index (χ3v) is 10.4. The van der Waals surface area contributed by atoms with Crippen molar-refractivity contribution in [2.24, 2.45) is 0 Å². The van der Waals surface area contributed by atoms with Gasteiger partial charge < -0.3 is 17.2 Å². The molecule has 0 atom stereocenters. The second kappa shape index (κ2) is 15.5. The summed E-state index contributed by atoms with van der Waals surface area (Å²) in [6.07, 6.45) is 0.608. The zero-order valence-corrected chi connectivity index (χ0v) is 30.3. The van der Waals surface area contributed by atoms with Crippen LogP contribution in [0.4, 0.5) is 25.8 Å². The van der Waals surface area contributed by atoms with Crippen molar-refractivity contribution in [3.8, 4) is 0 Å². The van der Waals surface area contributed by atoms with Gasteiger partial charge in [0, 0.05) is 47.5 Å². The van der Waals surface area contributed by atoms with Gasteiger partial charge in [0.2, 0.25) is 0 Å². The van der Waals surface area contributed by atoms with Crippen LogP contribution in [0, 0.1) is 15.2 Å². The molecule has 0 aliphatic heterocycles. The largest absolute Gasteiger partial charge is 0.398 e. The van der Waals surface area contributed by atoms with Crippen molar-refractivity contribution < 1.29 is 8.78 Å². The van der Waals surface area contributed by atoms with Gasteiger partial charge in [0.15, 0.2) is 0 Å². The first-order valence-electron chi connectivity index (χ1n) is 10.1. The second-order valence-electron chi connectivity index (χ2n) is 7.33. The van der Waals surface area contributed by atoms with Crippen LogP contribution in [-0.4, -0.2) is 0 Å². The molecule has 196 valence electrons. The molecule has 0 saturated heterocycles. The molecule has 12 heteroatoms. The van der Waals surface area contributed by atoms with Gasteiger partial charge in [0.05, 0.1) is 0 Å². The molecule has 0 spiro atoms. The maximum absolute atomic E-state index is 13.2. The van der Waals surface area contributed by atoms with Gasteiger partial charge in [-0.1, -0.05) is 31.9 Å². The smallest absolute Gasteiger partial charge is 0.124 e. The molecule has 0 heterocycles. The number of hydrogen-bond acceptors (Lipinski definition) is 3. The van der Waals surface area contributed by atoms with E-state index in [1.54, 1.807) is 18.2 Å². The minimum Gasteiger partial charge on any atom is -0.398 e. The fourth-order valence-corrected chi connectivity index (χ4v) is 5.92. The summed E-state index contributed by atoms with van der Waals surface area (Å²) in [4.78, 5) is 0. The normalized spacial score (nSPS) is 10.2. The highest BCUT2D eigenvalue weighted by atomic mass is 127. The van der Waals surface area contributed by atoms with E-state index in [9.17, 15) is 8.78 Å². The molecule has 3 nitrogen and oxygen atoms in total. The van der Waals surface area contributed by atoms with E-state index in [2.05, 4.69) is 118 Å². The molecule has 6 N–H and O–H groups in total. The summed E-state index contributed by atoms with van der Waals surface area (Å²) in [6, 6.07) is 16.6. The first kappa shape index (κ1) is 33.0. The van der Waals surface area contributed by atoms with Crippen molar-refractivity contribution in [1.82, 2.24) is 0 Å². The van der Waals surface area contributed by atoms with Crippen LogP contribution in [0.2, 0.25) is 0 Å². The van der Waals surface area contributed by atoms with E-state index in [1.807, 2.05) is 18.2 Å². The van der Waals surface area contributed by atoms with Gasteiger partial charge in [0.1, 0.15) is 11.6 Å². The Morgan fingerprint density at radius 3 is 1.43 bits per heavy atom. The Hall–Kier alpha value is -0.250. The standard InChI is InChI=1S/C13H9Br3FN.C6H6Br2N2.C6H3BrFI/c14-10-2-1-9(17)4-7(10)3-8-5-13(18)12(16)6-11(8)15;7-3-1-4(8)6(10)2-5(3)9;7-5-2-1-4(8)3-6(5)9/h1-2,4-6H,3,18H2;1-2H,9-10H2;1-3H. The van der Waals surface area contributed by atoms with Gasteiger partial charge in [-0.05, 0) is 165 Å². The molecule has 0 bridgehead atoms. The number of nitrogens with two attached hydrogens (primary N) is 3. The van der Waals surface area contributed by atoms with E-state index < -0.39 is 0 Å². The molecule has 0 aliphatic carbocycles. The zero-order chi connectivity index (χ0) is 27.9. The summed E-state index contributed by atoms with van der Waals surface area (Å²) in [5.41, 5.74) is 20.8. The third kappa shape index (κ3) is 10.7. The molecule has 37 heavy (non-hydrogen) atoms. The molecule has 0 aromatic heterocycles. The van der Waals surface area contributed by atoms with Crippen molar-refractivity contribution in [2.45, 2.75) is 6.42 Å². The first-order chi connectivity index (χ1) is 17.3. The number of rotatable bonds is 2. The summed E-state index contributed by atoms with van der Waals surface area (Å²) in [7, 11) is 0. The minimum atomic E-state index is -0.241. The topological polar surface area (TPSA) is 78.1 Å². The van der Waals surface area contributed by atoms with Crippen molar-refractivity contribution >= 4 is 135 Å². The van der Waals surface area contributed by atoms with Crippen LogP contribution in [0.15, 0.2) is 87.5 Å². The molecule has 0 unspecified atom stereocenters. The number of benzene rings is 4. The highest BCUT2D eigenvalue weighted by Gasteiger charge is 2.09. The predicted octanol–water partition coefficient (Wildman–Crippen LogP) is 10.9. The lowest BCUT2D eigenvalue weighted by molar-refractivity contribution is 0.625. The van der Waals surface area contributed by atoms with Gasteiger partial charge in [-0.15, -0.1) is 0 Å². The van der Waals surface area contributed by atoms with E-state index in [1.165, 1.54) is 24.3 Å². The Balaban J connectivity index is 0.000000214. The molecular formula is C25H18Br6F2IN3. The Kier molecular flexibility index (Phi) is 13.8. The Labute approximate surface area is 278 Å². The van der Waals surface area contributed by atoms with E-state index in [0.29, 0.717) is 23.5 Å². The van der Waals surface area contributed by atoms with E-state index in [4.69, 9.17) is 17.2 Å². The van der Waals surface area contributed by atoms with Crippen molar-refractivity contribution in [2.75, 3.05) is 17.2 Å². The SMILES string of the molecule is Fc1ccc(Br)c(I)c1.Nc1cc(Cc2cc(F)ccc2Br)c(Br)cc1Br.Nc1cc(N)c(Br)cc1Br. The highest BCUT2D eigenvalue weighted by Crippen LogP contribution is 2.31. The molecular weight excluding hydrogens is 987 g/mol. The van der Waals surface area contributed by atoms with Gasteiger partial charge in [-0.25, -0.2) is 8.78 Å². The molecule has 0 amide bonds. The van der Waals surface area contributed by atoms with Gasteiger partial charge >= 0.3 is 0 Å². The average Bonchev–Trinajstić information content (AvgIpc) is 2.82. The number of anilines is 3. The van der Waals surface area contributed by atoms with Crippen LogP contribution in [0.3, 0.4) is 0 Å². The summed E-state index contributed by atoms with van der Waals surface area (Å²) in [5.74, 6) is -0.433. The van der Waals surface area contributed by atoms with Crippen molar-refractivity contribution in [3.63, 3.8) is 0 Å². The maximum atomic E-state index is 13.2. The van der Waals surface area contributed by atoms with Gasteiger partial charge in [-0.3, -0.25) is 0 Å². The van der Waals surface area contributed by atoms with Gasteiger partial charge in [-0.2, -0.15) is 0 Å². The monoisotopic (exact) mass is 999 g/mol. The Morgan fingerprint density at radius 2 is 0.946 bits per heavy atom. The van der Waals surface area contributed by atoms with Crippen LogP contribution < -0.4 is 17.2 Å². The maximum Gasteiger partial charge on any atom is 0.124 e. The predicted molar refractivity (Wildman–Crippen MR) is 181 cm³/mol. The lowest BCUT2D eigenvalue weighted by atomic mass is 10.0. The quantitative estimate of drug-likeness (QED) is 0.106. The third-order valence-electron chi connectivity index (χ3n) is 4.55. The van der Waals surface area contributed by atoms with Crippen LogP contribution >= 0.6 is 118 Å². The highest BCUT2D eigenvalue weighted by molar-refractivity contribution is 14.1. The molecule has 0 saturated carbocycles. The van der Waals surface area contributed by atoms with Crippen LogP contribution in [0.5, 0.6) is 0 Å². The molecule has 4 aromatic carbocycles. The van der Waals surface area contributed by atoms with Crippen LogP contribution in [0.1, 0.15) is 11.1 Å². The summed E-state index contributed by atoms with van der Waals surface area (Å²) in [6.45, 7) is 0. The van der Waals surface area contributed by atoms with E-state index >= 15 is 0 Å². The van der Waals surface area contributed by atoms with Crippen molar-refractivity contribution in [3.05, 3.63) is 114 Å². The summed E-state index contributed by atoms with van der Waals surface area (Å²) in [5, 5.41) is 0. The average molecular weight is 1000 g/mol.